The predicted molar refractivity (Wildman–Crippen MR) is 103 cm³/mol. The van der Waals surface area contributed by atoms with Crippen molar-refractivity contribution in [1.29, 1.82) is 0 Å². The number of para-hydroxylation sites is 1. The average Bonchev–Trinajstić information content (AvgIpc) is 2.64. The van der Waals surface area contributed by atoms with Crippen molar-refractivity contribution < 1.29 is 44.3 Å². The number of fused-ring (bicyclic) bond motifs is 1. The van der Waals surface area contributed by atoms with Crippen molar-refractivity contribution in [3.8, 4) is 5.75 Å². The third kappa shape index (κ3) is 4.17. The van der Waals surface area contributed by atoms with Crippen LogP contribution in [0, 0.1) is 3.57 Å². The molecule has 0 aromatic heterocycles. The molecule has 1 aliphatic rings. The molecule has 0 radical (unpaired) electrons. The summed E-state index contributed by atoms with van der Waals surface area (Å²) in [5, 5.41) is 0. The van der Waals surface area contributed by atoms with E-state index in [1.54, 1.807) is 36.4 Å². The Morgan fingerprint density at radius 3 is 2.13 bits per heavy atom. The minimum absolute atomic E-state index is 0.0194. The SMILES string of the molecule is FC(F)Oc1cc(C(F)(C(F)(F)F)C(F)(F)F)cc(I)c1N1CC=Cc2ccccc21. The highest BCUT2D eigenvalue weighted by Crippen LogP contribution is 2.55. The monoisotopic (exact) mass is 567 g/mol. The second kappa shape index (κ2) is 8.10. The second-order valence-electron chi connectivity index (χ2n) is 6.41. The van der Waals surface area contributed by atoms with E-state index in [-0.39, 0.29) is 21.9 Å². The molecule has 0 aliphatic carbocycles. The van der Waals surface area contributed by atoms with Gasteiger partial charge in [0.1, 0.15) is 0 Å². The van der Waals surface area contributed by atoms with E-state index >= 15 is 0 Å². The lowest BCUT2D eigenvalue weighted by molar-refractivity contribution is -0.348. The van der Waals surface area contributed by atoms with Crippen LogP contribution in [0.5, 0.6) is 5.75 Å². The first kappa shape index (κ1) is 23.5. The van der Waals surface area contributed by atoms with Crippen molar-refractivity contribution in [2.24, 2.45) is 0 Å². The number of alkyl halides is 9. The highest BCUT2D eigenvalue weighted by atomic mass is 127. The third-order valence-electron chi connectivity index (χ3n) is 4.51. The molecular weight excluding hydrogens is 556 g/mol. The largest absolute Gasteiger partial charge is 0.435 e. The van der Waals surface area contributed by atoms with Gasteiger partial charge in [0.15, 0.2) is 5.75 Å². The molecule has 31 heavy (non-hydrogen) atoms. The van der Waals surface area contributed by atoms with Gasteiger partial charge in [0, 0.05) is 21.4 Å². The van der Waals surface area contributed by atoms with E-state index in [4.69, 9.17) is 0 Å². The fourth-order valence-electron chi connectivity index (χ4n) is 3.18. The summed E-state index contributed by atoms with van der Waals surface area (Å²) in [6.45, 7) is -3.52. The Kier molecular flexibility index (Phi) is 6.15. The lowest BCUT2D eigenvalue weighted by atomic mass is 9.93. The zero-order valence-electron chi connectivity index (χ0n) is 15.0. The molecule has 0 fully saturated rings. The molecule has 0 N–H and O–H groups in total. The van der Waals surface area contributed by atoms with Crippen LogP contribution >= 0.6 is 22.6 Å². The topological polar surface area (TPSA) is 12.5 Å². The van der Waals surface area contributed by atoms with Crippen LogP contribution in [0.1, 0.15) is 11.1 Å². The molecule has 3 rings (SSSR count). The Labute approximate surface area is 183 Å². The van der Waals surface area contributed by atoms with Gasteiger partial charge in [-0.05, 0) is 46.4 Å². The number of rotatable bonds is 4. The van der Waals surface area contributed by atoms with Crippen LogP contribution in [0.3, 0.4) is 0 Å². The molecule has 0 atom stereocenters. The molecule has 1 aliphatic heterocycles. The van der Waals surface area contributed by atoms with E-state index in [1.807, 2.05) is 0 Å². The van der Waals surface area contributed by atoms with Gasteiger partial charge in [-0.15, -0.1) is 0 Å². The van der Waals surface area contributed by atoms with E-state index in [1.165, 1.54) is 27.5 Å². The van der Waals surface area contributed by atoms with E-state index < -0.39 is 35.9 Å². The van der Waals surface area contributed by atoms with Crippen molar-refractivity contribution in [2.45, 2.75) is 24.6 Å². The fraction of sp³-hybridized carbons (Fsp3) is 0.263. The molecular formula is C19H11F9INO. The molecule has 1 heterocycles. The maximum Gasteiger partial charge on any atom is 0.435 e. The minimum atomic E-state index is -6.39. The minimum Gasteiger partial charge on any atom is -0.433 e. The number of anilines is 2. The first-order valence-corrected chi connectivity index (χ1v) is 9.49. The number of hydrogen-bond acceptors (Lipinski definition) is 2. The van der Waals surface area contributed by atoms with Gasteiger partial charge < -0.3 is 9.64 Å². The van der Waals surface area contributed by atoms with E-state index in [0.29, 0.717) is 17.3 Å². The van der Waals surface area contributed by atoms with Gasteiger partial charge in [-0.2, -0.15) is 35.1 Å². The summed E-state index contributed by atoms with van der Waals surface area (Å²) in [5.74, 6) is -1.02. The molecule has 2 nitrogen and oxygen atoms in total. The molecule has 12 heteroatoms. The molecule has 2 aromatic carbocycles. The first-order valence-electron chi connectivity index (χ1n) is 8.41. The Balaban J connectivity index is 2.26. The van der Waals surface area contributed by atoms with Crippen LogP contribution in [-0.2, 0) is 5.67 Å². The molecule has 0 amide bonds. The summed E-state index contributed by atoms with van der Waals surface area (Å²) < 4.78 is 123. The summed E-state index contributed by atoms with van der Waals surface area (Å²) in [6, 6.07) is 6.90. The maximum atomic E-state index is 14.5. The third-order valence-corrected chi connectivity index (χ3v) is 5.33. The number of ether oxygens (including phenoxy) is 1. The normalized spacial score (nSPS) is 14.7. The lowest BCUT2D eigenvalue weighted by Gasteiger charge is -2.33. The van der Waals surface area contributed by atoms with Crippen LogP contribution in [0.4, 0.5) is 50.9 Å². The van der Waals surface area contributed by atoms with Gasteiger partial charge in [0.05, 0.1) is 5.69 Å². The predicted octanol–water partition coefficient (Wildman–Crippen LogP) is 7.35. The molecule has 0 saturated heterocycles. The van der Waals surface area contributed by atoms with Crippen LogP contribution in [-0.4, -0.2) is 25.5 Å². The fourth-order valence-corrected chi connectivity index (χ4v) is 4.07. The van der Waals surface area contributed by atoms with Crippen molar-refractivity contribution in [3.63, 3.8) is 0 Å². The van der Waals surface area contributed by atoms with E-state index in [2.05, 4.69) is 4.74 Å². The number of benzene rings is 2. The summed E-state index contributed by atoms with van der Waals surface area (Å²) in [4.78, 5) is 1.37. The highest BCUT2D eigenvalue weighted by Gasteiger charge is 2.73. The van der Waals surface area contributed by atoms with Crippen LogP contribution < -0.4 is 9.64 Å². The number of hydrogen-bond donors (Lipinski definition) is 0. The Morgan fingerprint density at radius 1 is 0.935 bits per heavy atom. The van der Waals surface area contributed by atoms with E-state index in [9.17, 15) is 39.5 Å². The van der Waals surface area contributed by atoms with Gasteiger partial charge in [-0.1, -0.05) is 30.4 Å². The van der Waals surface area contributed by atoms with E-state index in [0.717, 1.165) is 0 Å². The van der Waals surface area contributed by atoms with Gasteiger partial charge in [-0.3, -0.25) is 0 Å². The summed E-state index contributed by atoms with van der Waals surface area (Å²) in [7, 11) is 0. The van der Waals surface area contributed by atoms with Crippen LogP contribution in [0.2, 0.25) is 0 Å². The van der Waals surface area contributed by atoms with Crippen molar-refractivity contribution in [1.82, 2.24) is 0 Å². The molecule has 0 spiro atoms. The Bertz CT molecular complexity index is 987. The summed E-state index contributed by atoms with van der Waals surface area (Å²) >= 11 is 1.36. The van der Waals surface area contributed by atoms with Crippen molar-refractivity contribution >= 4 is 40.0 Å². The average molecular weight is 567 g/mol. The van der Waals surface area contributed by atoms with Crippen LogP contribution in [0.15, 0.2) is 42.5 Å². The zero-order chi connectivity index (χ0) is 23.2. The Morgan fingerprint density at radius 2 is 1.55 bits per heavy atom. The Hall–Kier alpha value is -2.12. The summed E-state index contributed by atoms with van der Waals surface area (Å²) in [6.07, 6.45) is -9.46. The quantitative estimate of drug-likeness (QED) is 0.283. The molecule has 2 aromatic rings. The van der Waals surface area contributed by atoms with Gasteiger partial charge in [0.2, 0.25) is 0 Å². The zero-order valence-corrected chi connectivity index (χ0v) is 17.2. The molecule has 0 unspecified atom stereocenters. The van der Waals surface area contributed by atoms with Crippen molar-refractivity contribution in [2.75, 3.05) is 11.4 Å². The number of nitrogens with zero attached hydrogens (tertiary/aromatic N) is 1. The second-order valence-corrected chi connectivity index (χ2v) is 7.57. The smallest absolute Gasteiger partial charge is 0.433 e. The van der Waals surface area contributed by atoms with Gasteiger partial charge in [-0.25, -0.2) is 4.39 Å². The van der Waals surface area contributed by atoms with Crippen molar-refractivity contribution in [3.05, 3.63) is 57.2 Å². The molecule has 168 valence electrons. The van der Waals surface area contributed by atoms with Gasteiger partial charge >= 0.3 is 24.6 Å². The molecule has 0 saturated carbocycles. The number of halogens is 10. The summed E-state index contributed by atoms with van der Waals surface area (Å²) in [5.41, 5.74) is -6.82. The van der Waals surface area contributed by atoms with Gasteiger partial charge in [0.25, 0.3) is 0 Å². The maximum absolute atomic E-state index is 14.5. The lowest BCUT2D eigenvalue weighted by Crippen LogP contribution is -2.50. The molecule has 0 bridgehead atoms. The van der Waals surface area contributed by atoms with Crippen LogP contribution in [0.25, 0.3) is 6.08 Å². The highest BCUT2D eigenvalue weighted by molar-refractivity contribution is 14.1. The standard InChI is InChI=1S/C19H11F9INO/c20-16(21)31-14-9-11(17(22,18(23,24)25)19(26,27)28)8-12(29)15(14)30-7-3-5-10-4-1-2-6-13(10)30/h1-6,8-9,16H,7H2. The first-order chi connectivity index (χ1) is 14.3.